The smallest absolute Gasteiger partial charge is 0.272 e. The lowest BCUT2D eigenvalue weighted by Crippen LogP contribution is -2.45. The number of anilines is 1. The van der Waals surface area contributed by atoms with Crippen molar-refractivity contribution in [3.05, 3.63) is 109 Å². The Kier molecular flexibility index (Phi) is 9.52. The fourth-order valence-electron chi connectivity index (χ4n) is 3.26. The highest BCUT2D eigenvalue weighted by Crippen LogP contribution is 2.32. The van der Waals surface area contributed by atoms with E-state index in [1.165, 1.54) is 12.3 Å². The molecule has 1 unspecified atom stereocenters. The van der Waals surface area contributed by atoms with Crippen molar-refractivity contribution in [3.8, 4) is 11.5 Å². The van der Waals surface area contributed by atoms with E-state index in [9.17, 15) is 14.0 Å². The quantitative estimate of drug-likeness (QED) is 0.107. The summed E-state index contributed by atoms with van der Waals surface area (Å²) >= 11 is 0. The van der Waals surface area contributed by atoms with Crippen LogP contribution in [0.1, 0.15) is 27.5 Å². The summed E-state index contributed by atoms with van der Waals surface area (Å²) in [5.74, 6) is -1.65. The molecule has 1 aromatic heterocycles. The van der Waals surface area contributed by atoms with Gasteiger partial charge in [-0.1, -0.05) is 31.4 Å². The summed E-state index contributed by atoms with van der Waals surface area (Å²) in [5, 5.41) is 10.7. The molecule has 196 valence electrons. The number of nitrogens with one attached hydrogen (secondary N) is 4. The molecular formula is C27H27FN6O4. The highest BCUT2D eigenvalue weighted by molar-refractivity contribution is 5.97. The number of carbonyl (C=O) groups is 2. The predicted molar refractivity (Wildman–Crippen MR) is 141 cm³/mol. The molecule has 1 atom stereocenters. The van der Waals surface area contributed by atoms with E-state index in [-0.39, 0.29) is 24.6 Å². The Morgan fingerprint density at radius 3 is 2.34 bits per heavy atom. The molecule has 0 aliphatic heterocycles. The number of ether oxygens (including phenoxy) is 2. The number of amides is 2. The number of hydrazine groups is 1. The van der Waals surface area contributed by atoms with Crippen LogP contribution in [0.4, 0.5) is 10.1 Å². The van der Waals surface area contributed by atoms with Crippen LogP contribution in [0.2, 0.25) is 0 Å². The molecule has 2 amide bonds. The minimum atomic E-state index is -1.04. The van der Waals surface area contributed by atoms with Crippen molar-refractivity contribution in [2.24, 2.45) is 5.73 Å². The number of carbonyl (C=O) groups excluding carboxylic acids is 2. The zero-order chi connectivity index (χ0) is 27.5. The predicted octanol–water partition coefficient (Wildman–Crippen LogP) is 3.25. The maximum atomic E-state index is 13.9. The molecule has 0 fully saturated rings. The number of hydrogen-bond donors (Lipinski definition) is 5. The van der Waals surface area contributed by atoms with Crippen molar-refractivity contribution in [1.29, 1.82) is 5.41 Å². The second-order valence-corrected chi connectivity index (χ2v) is 7.77. The fraction of sp³-hybridized carbons (Fsp3) is 0.111. The number of nitrogens with two attached hydrogens (primary N) is 1. The van der Waals surface area contributed by atoms with Crippen molar-refractivity contribution in [1.82, 2.24) is 15.8 Å². The number of halogens is 1. The van der Waals surface area contributed by atoms with Gasteiger partial charge in [0.15, 0.2) is 17.3 Å². The summed E-state index contributed by atoms with van der Waals surface area (Å²) in [6.45, 7) is 7.72. The Balaban J connectivity index is 1.90. The molecule has 3 aromatic rings. The standard InChI is InChI=1S/C27H27FN6O4/c1-3-13-37-22-10-7-18(15-23(22)38-14-4-2)24(32-19-8-5-17(6-9-19)25(29)30)27(36)34-33-26(35)20-11-12-31-16-21(20)28/h3-12,15-16,24,32H,1-2,13-14H2,(H3,29,30)(H,33,35)(H,34,36). The lowest BCUT2D eigenvalue weighted by atomic mass is 10.0. The topological polar surface area (TPSA) is 151 Å². The Hall–Kier alpha value is -5.19. The van der Waals surface area contributed by atoms with Crippen molar-refractivity contribution in [3.63, 3.8) is 0 Å². The molecule has 0 spiro atoms. The Morgan fingerprint density at radius 1 is 1.03 bits per heavy atom. The first-order valence-electron chi connectivity index (χ1n) is 11.4. The van der Waals surface area contributed by atoms with E-state index in [1.807, 2.05) is 0 Å². The van der Waals surface area contributed by atoms with Crippen LogP contribution in [0, 0.1) is 11.2 Å². The number of nitrogen functional groups attached to an aromatic ring is 1. The summed E-state index contributed by atoms with van der Waals surface area (Å²) in [6.07, 6.45) is 5.31. The third-order valence-electron chi connectivity index (χ3n) is 5.10. The van der Waals surface area contributed by atoms with Gasteiger partial charge in [0.05, 0.1) is 11.8 Å². The third-order valence-corrected chi connectivity index (χ3v) is 5.10. The van der Waals surface area contributed by atoms with Gasteiger partial charge in [-0.15, -0.1) is 0 Å². The van der Waals surface area contributed by atoms with Gasteiger partial charge in [0, 0.05) is 17.4 Å². The van der Waals surface area contributed by atoms with Crippen LogP contribution in [0.15, 0.2) is 86.2 Å². The van der Waals surface area contributed by atoms with Crippen molar-refractivity contribution < 1.29 is 23.5 Å². The minimum Gasteiger partial charge on any atom is -0.486 e. The molecule has 1 heterocycles. The van der Waals surface area contributed by atoms with Gasteiger partial charge in [0.25, 0.3) is 11.8 Å². The SMILES string of the molecule is C=CCOc1ccc(C(Nc2ccc(C(=N)N)cc2)C(=O)NNC(=O)c2ccncc2F)cc1OCC=C. The molecular weight excluding hydrogens is 491 g/mol. The maximum absolute atomic E-state index is 13.9. The summed E-state index contributed by atoms with van der Waals surface area (Å²) in [6, 6.07) is 11.6. The first-order chi connectivity index (χ1) is 18.3. The molecule has 0 saturated heterocycles. The average molecular weight is 519 g/mol. The van der Waals surface area contributed by atoms with Crippen molar-refractivity contribution in [2.75, 3.05) is 18.5 Å². The zero-order valence-electron chi connectivity index (χ0n) is 20.4. The second-order valence-electron chi connectivity index (χ2n) is 7.77. The second kappa shape index (κ2) is 13.2. The van der Waals surface area contributed by atoms with Crippen LogP contribution in [-0.4, -0.2) is 35.8 Å². The lowest BCUT2D eigenvalue weighted by Gasteiger charge is -2.22. The van der Waals surface area contributed by atoms with Crippen molar-refractivity contribution in [2.45, 2.75) is 6.04 Å². The van der Waals surface area contributed by atoms with Crippen molar-refractivity contribution >= 4 is 23.3 Å². The van der Waals surface area contributed by atoms with E-state index in [4.69, 9.17) is 20.6 Å². The molecule has 0 bridgehead atoms. The van der Waals surface area contributed by atoms with Gasteiger partial charge >= 0.3 is 0 Å². The van der Waals surface area contributed by atoms with E-state index in [0.717, 1.165) is 6.20 Å². The van der Waals surface area contributed by atoms with Gasteiger partial charge in [-0.2, -0.15) is 0 Å². The van der Waals surface area contributed by atoms with Crippen LogP contribution >= 0.6 is 0 Å². The number of rotatable bonds is 12. The largest absolute Gasteiger partial charge is 0.486 e. The number of aromatic nitrogens is 1. The van der Waals surface area contributed by atoms with Gasteiger partial charge in [-0.25, -0.2) is 4.39 Å². The van der Waals surface area contributed by atoms with Crippen LogP contribution in [0.3, 0.4) is 0 Å². The van der Waals surface area contributed by atoms with Crippen LogP contribution in [-0.2, 0) is 4.79 Å². The first-order valence-corrected chi connectivity index (χ1v) is 11.4. The van der Waals surface area contributed by atoms with Gasteiger partial charge in [0.1, 0.15) is 25.1 Å². The van der Waals surface area contributed by atoms with E-state index in [1.54, 1.807) is 54.6 Å². The van der Waals surface area contributed by atoms with Gasteiger partial charge < -0.3 is 20.5 Å². The summed E-state index contributed by atoms with van der Waals surface area (Å²) < 4.78 is 25.3. The molecule has 10 nitrogen and oxygen atoms in total. The van der Waals surface area contributed by atoms with E-state index in [2.05, 4.69) is 34.3 Å². The number of pyridine rings is 1. The van der Waals surface area contributed by atoms with Gasteiger partial charge in [0.2, 0.25) is 0 Å². The number of benzene rings is 2. The molecule has 38 heavy (non-hydrogen) atoms. The fourth-order valence-corrected chi connectivity index (χ4v) is 3.26. The van der Waals surface area contributed by atoms with E-state index < -0.39 is 23.7 Å². The minimum absolute atomic E-state index is 0.101. The maximum Gasteiger partial charge on any atom is 0.272 e. The number of hydrogen-bond acceptors (Lipinski definition) is 7. The highest BCUT2D eigenvalue weighted by atomic mass is 19.1. The number of nitrogens with zero attached hydrogens (tertiary/aromatic N) is 1. The van der Waals surface area contributed by atoms with Crippen LogP contribution in [0.5, 0.6) is 11.5 Å². The molecule has 3 rings (SSSR count). The van der Waals surface area contributed by atoms with E-state index in [0.29, 0.717) is 28.3 Å². The van der Waals surface area contributed by atoms with E-state index >= 15 is 0 Å². The molecule has 0 radical (unpaired) electrons. The molecule has 0 aliphatic carbocycles. The monoisotopic (exact) mass is 518 g/mol. The summed E-state index contributed by atoms with van der Waals surface area (Å²) in [7, 11) is 0. The molecule has 0 aliphatic rings. The Labute approximate surface area is 218 Å². The van der Waals surface area contributed by atoms with Gasteiger partial charge in [-0.3, -0.25) is 30.8 Å². The summed E-state index contributed by atoms with van der Waals surface area (Å²) in [5.41, 5.74) is 11.3. The molecule has 11 heteroatoms. The summed E-state index contributed by atoms with van der Waals surface area (Å²) in [4.78, 5) is 29.3. The Morgan fingerprint density at radius 2 is 1.71 bits per heavy atom. The normalized spacial score (nSPS) is 11.0. The molecule has 6 N–H and O–H groups in total. The number of amidine groups is 1. The molecule has 0 saturated carbocycles. The van der Waals surface area contributed by atoms with Crippen LogP contribution < -0.4 is 31.4 Å². The third kappa shape index (κ3) is 7.17. The average Bonchev–Trinajstić information content (AvgIpc) is 2.93. The highest BCUT2D eigenvalue weighted by Gasteiger charge is 2.24. The zero-order valence-corrected chi connectivity index (χ0v) is 20.4. The van der Waals surface area contributed by atoms with Crippen LogP contribution in [0.25, 0.3) is 0 Å². The lowest BCUT2D eigenvalue weighted by molar-refractivity contribution is -0.122. The first kappa shape index (κ1) is 27.4. The Bertz CT molecular complexity index is 1330. The van der Waals surface area contributed by atoms with Gasteiger partial charge in [-0.05, 0) is 48.0 Å². The molecule has 2 aromatic carbocycles.